The van der Waals surface area contributed by atoms with Crippen LogP contribution in [0, 0.1) is 10.1 Å². The molecule has 0 saturated carbocycles. The van der Waals surface area contributed by atoms with Gasteiger partial charge in [-0.2, -0.15) is 0 Å². The van der Waals surface area contributed by atoms with Crippen LogP contribution in [0.5, 0.6) is 0 Å². The predicted octanol–water partition coefficient (Wildman–Crippen LogP) is 1.84. The summed E-state index contributed by atoms with van der Waals surface area (Å²) in [6.45, 7) is 0.0455. The van der Waals surface area contributed by atoms with Crippen molar-refractivity contribution in [2.45, 2.75) is 13.1 Å². The molecule has 160 valence electrons. The standard InChI is InChI=1S/C17H17N4O7P.BrH/c22-16-17(23)19-15-12(6-13(21(24)25)7-14(15)18-16)9-20(10-29(26,27)28)8-11-4-2-1-3-5-11;/h1-7H,8-10H2,(H,18,22)(H,19,23)(H2,26,27,28);1H. The normalized spacial score (nSPS) is 11.4. The molecule has 3 aromatic rings. The van der Waals surface area contributed by atoms with Crippen molar-refractivity contribution in [3.05, 3.63) is 84.4 Å². The van der Waals surface area contributed by atoms with Gasteiger partial charge in [-0.25, -0.2) is 0 Å². The predicted molar refractivity (Wildman–Crippen MR) is 115 cm³/mol. The van der Waals surface area contributed by atoms with Gasteiger partial charge in [0.15, 0.2) is 0 Å². The maximum atomic E-state index is 11.7. The smallest absolute Gasteiger partial charge is 0.324 e. The molecular weight excluding hydrogens is 483 g/mol. The first-order valence-electron chi connectivity index (χ1n) is 8.37. The Balaban J connectivity index is 0.00000320. The average molecular weight is 501 g/mol. The fourth-order valence-electron chi connectivity index (χ4n) is 3.01. The van der Waals surface area contributed by atoms with Crippen LogP contribution in [0.4, 0.5) is 5.69 Å². The molecular formula is C17H18BrN4O7P. The molecule has 11 nitrogen and oxygen atoms in total. The van der Waals surface area contributed by atoms with E-state index in [0.717, 1.165) is 11.6 Å². The number of fused-ring (bicyclic) bond motifs is 1. The largest absolute Gasteiger partial charge is 0.339 e. The van der Waals surface area contributed by atoms with E-state index in [4.69, 9.17) is 0 Å². The number of benzene rings is 2. The fourth-order valence-corrected chi connectivity index (χ4v) is 3.73. The Kier molecular flexibility index (Phi) is 7.45. The van der Waals surface area contributed by atoms with Gasteiger partial charge in [0.05, 0.1) is 16.0 Å². The highest BCUT2D eigenvalue weighted by Crippen LogP contribution is 2.36. The third kappa shape index (κ3) is 5.94. The van der Waals surface area contributed by atoms with Gasteiger partial charge in [0.2, 0.25) is 0 Å². The average Bonchev–Trinajstić information content (AvgIpc) is 2.62. The molecule has 3 rings (SSSR count). The number of halogens is 1. The summed E-state index contributed by atoms with van der Waals surface area (Å²) in [5.41, 5.74) is -0.994. The Morgan fingerprint density at radius 3 is 2.27 bits per heavy atom. The molecule has 2 aromatic carbocycles. The molecule has 0 bridgehead atoms. The van der Waals surface area contributed by atoms with Crippen LogP contribution in [0.3, 0.4) is 0 Å². The number of nitro groups is 1. The zero-order chi connectivity index (χ0) is 21.2. The number of nitrogens with one attached hydrogen (secondary N) is 2. The van der Waals surface area contributed by atoms with Gasteiger partial charge in [0.1, 0.15) is 6.29 Å². The third-order valence-corrected chi connectivity index (χ3v) is 4.90. The quantitative estimate of drug-likeness (QED) is 0.165. The highest BCUT2D eigenvalue weighted by molar-refractivity contribution is 8.93. The Morgan fingerprint density at radius 1 is 1.03 bits per heavy atom. The van der Waals surface area contributed by atoms with Gasteiger partial charge < -0.3 is 19.8 Å². The maximum Gasteiger partial charge on any atom is 0.339 e. The van der Waals surface area contributed by atoms with E-state index in [-0.39, 0.29) is 52.4 Å². The van der Waals surface area contributed by atoms with Crippen molar-refractivity contribution in [1.82, 2.24) is 14.9 Å². The molecule has 0 saturated heterocycles. The summed E-state index contributed by atoms with van der Waals surface area (Å²) in [6, 6.07) is 11.2. The Bertz CT molecular complexity index is 1220. The second-order valence-electron chi connectivity index (χ2n) is 6.47. The molecule has 0 fully saturated rings. The summed E-state index contributed by atoms with van der Waals surface area (Å²) in [6.07, 6.45) is -0.598. The summed E-state index contributed by atoms with van der Waals surface area (Å²) in [4.78, 5) is 58.9. The van der Waals surface area contributed by atoms with Crippen LogP contribution >= 0.6 is 24.6 Å². The summed E-state index contributed by atoms with van der Waals surface area (Å²) in [5, 5.41) is 11.3. The molecule has 0 amide bonds. The zero-order valence-corrected chi connectivity index (χ0v) is 18.0. The van der Waals surface area contributed by atoms with E-state index in [0.29, 0.717) is 0 Å². The second-order valence-corrected chi connectivity index (χ2v) is 8.08. The number of H-pyrrole nitrogens is 2. The van der Waals surface area contributed by atoms with E-state index in [1.165, 1.54) is 11.0 Å². The minimum absolute atomic E-state index is 0. The first-order valence-corrected chi connectivity index (χ1v) is 10.2. The van der Waals surface area contributed by atoms with Crippen molar-refractivity contribution < 1.29 is 19.3 Å². The lowest BCUT2D eigenvalue weighted by Gasteiger charge is -2.23. The van der Waals surface area contributed by atoms with E-state index >= 15 is 0 Å². The molecule has 0 radical (unpaired) electrons. The van der Waals surface area contributed by atoms with Crippen molar-refractivity contribution in [1.29, 1.82) is 0 Å². The van der Waals surface area contributed by atoms with Gasteiger partial charge in [0, 0.05) is 25.2 Å². The summed E-state index contributed by atoms with van der Waals surface area (Å²) < 4.78 is 11.6. The van der Waals surface area contributed by atoms with Gasteiger partial charge in [-0.3, -0.25) is 29.2 Å². The number of nitrogens with zero attached hydrogens (tertiary/aromatic N) is 2. The maximum absolute atomic E-state index is 11.7. The van der Waals surface area contributed by atoms with Crippen LogP contribution in [-0.4, -0.2) is 35.9 Å². The molecule has 0 atom stereocenters. The molecule has 0 aliphatic carbocycles. The van der Waals surface area contributed by atoms with Crippen molar-refractivity contribution in [2.75, 3.05) is 6.29 Å². The van der Waals surface area contributed by atoms with E-state index in [1.807, 2.05) is 0 Å². The molecule has 30 heavy (non-hydrogen) atoms. The molecule has 0 spiro atoms. The molecule has 0 aliphatic rings. The monoisotopic (exact) mass is 500 g/mol. The number of aromatic amines is 2. The van der Waals surface area contributed by atoms with Crippen LogP contribution in [0.1, 0.15) is 11.1 Å². The van der Waals surface area contributed by atoms with E-state index in [2.05, 4.69) is 9.97 Å². The summed E-state index contributed by atoms with van der Waals surface area (Å²) in [5.74, 6) is 0. The van der Waals surface area contributed by atoms with Crippen LogP contribution in [0.25, 0.3) is 11.0 Å². The first kappa shape index (κ1) is 23.6. The highest BCUT2D eigenvalue weighted by atomic mass is 79.9. The minimum Gasteiger partial charge on any atom is -0.324 e. The van der Waals surface area contributed by atoms with Gasteiger partial charge in [-0.15, -0.1) is 17.0 Å². The summed E-state index contributed by atoms with van der Waals surface area (Å²) >= 11 is 0. The van der Waals surface area contributed by atoms with E-state index in [1.54, 1.807) is 30.3 Å². The van der Waals surface area contributed by atoms with Crippen molar-refractivity contribution in [3.63, 3.8) is 0 Å². The van der Waals surface area contributed by atoms with Crippen LogP contribution in [0.2, 0.25) is 0 Å². The van der Waals surface area contributed by atoms with Gasteiger partial charge in [-0.1, -0.05) is 30.3 Å². The molecule has 0 aliphatic heterocycles. The Hall–Kier alpha value is -2.63. The SMILES string of the molecule is Br.O=c1[nH]c2cc([N+](=O)[O-])cc(CN(Cc3ccccc3)CP(=O)(O)O)c2[nH]c1=O. The highest BCUT2D eigenvalue weighted by Gasteiger charge is 2.22. The Labute approximate surface area is 179 Å². The summed E-state index contributed by atoms with van der Waals surface area (Å²) in [7, 11) is -4.44. The van der Waals surface area contributed by atoms with E-state index in [9.17, 15) is 34.1 Å². The van der Waals surface area contributed by atoms with Crippen molar-refractivity contribution >= 4 is 41.3 Å². The molecule has 0 unspecified atom stereocenters. The van der Waals surface area contributed by atoms with Crippen LogP contribution < -0.4 is 11.1 Å². The van der Waals surface area contributed by atoms with Gasteiger partial charge in [-0.05, 0) is 11.1 Å². The van der Waals surface area contributed by atoms with Crippen molar-refractivity contribution in [3.8, 4) is 0 Å². The molecule has 1 aromatic heterocycles. The second kappa shape index (κ2) is 9.45. The minimum atomic E-state index is -4.44. The fraction of sp³-hybridized carbons (Fsp3) is 0.176. The number of non-ortho nitro benzene ring substituents is 1. The Morgan fingerprint density at radius 2 is 1.67 bits per heavy atom. The zero-order valence-electron chi connectivity index (χ0n) is 15.3. The lowest BCUT2D eigenvalue weighted by Crippen LogP contribution is -2.30. The number of rotatable bonds is 7. The molecule has 4 N–H and O–H groups in total. The third-order valence-electron chi connectivity index (χ3n) is 4.14. The first-order chi connectivity index (χ1) is 13.6. The topological polar surface area (TPSA) is 170 Å². The number of aromatic nitrogens is 2. The number of nitro benzene ring substituents is 1. The molecule has 1 heterocycles. The number of hydrogen-bond acceptors (Lipinski definition) is 6. The van der Waals surface area contributed by atoms with Gasteiger partial charge >= 0.3 is 18.7 Å². The van der Waals surface area contributed by atoms with Crippen molar-refractivity contribution in [2.24, 2.45) is 0 Å². The lowest BCUT2D eigenvalue weighted by atomic mass is 10.1. The van der Waals surface area contributed by atoms with Crippen LogP contribution in [0.15, 0.2) is 52.1 Å². The van der Waals surface area contributed by atoms with Gasteiger partial charge in [0.25, 0.3) is 5.69 Å². The molecule has 13 heteroatoms. The lowest BCUT2D eigenvalue weighted by molar-refractivity contribution is -0.384. The van der Waals surface area contributed by atoms with Crippen LogP contribution in [-0.2, 0) is 17.7 Å². The number of hydrogen-bond donors (Lipinski definition) is 4. The van der Waals surface area contributed by atoms with E-state index < -0.39 is 29.9 Å².